The van der Waals surface area contributed by atoms with Crippen LogP contribution in [0.25, 0.3) is 0 Å². The minimum atomic E-state index is -0.530. The zero-order valence-corrected chi connectivity index (χ0v) is 15.9. The highest BCUT2D eigenvalue weighted by atomic mass is 127. The summed E-state index contributed by atoms with van der Waals surface area (Å²) in [5.41, 5.74) is 2.08. The van der Waals surface area contributed by atoms with E-state index in [4.69, 9.17) is 0 Å². The fourth-order valence-corrected chi connectivity index (χ4v) is 2.57. The highest BCUT2D eigenvalue weighted by Gasteiger charge is 2.34. The Hall–Kier alpha value is -0.820. The summed E-state index contributed by atoms with van der Waals surface area (Å²) in [4.78, 5) is 4.64. The summed E-state index contributed by atoms with van der Waals surface area (Å²) < 4.78 is 0. The van der Waals surface area contributed by atoms with Crippen LogP contribution in [0.4, 0.5) is 0 Å². The van der Waals surface area contributed by atoms with Crippen molar-refractivity contribution in [2.45, 2.75) is 51.7 Å². The molecule has 0 amide bonds. The summed E-state index contributed by atoms with van der Waals surface area (Å²) in [6, 6.07) is 8.41. The van der Waals surface area contributed by atoms with E-state index in [1.54, 1.807) is 0 Å². The molecule has 0 aliphatic heterocycles. The van der Waals surface area contributed by atoms with Crippen LogP contribution in [0, 0.1) is 0 Å². The van der Waals surface area contributed by atoms with Gasteiger partial charge < -0.3 is 15.7 Å². The summed E-state index contributed by atoms with van der Waals surface area (Å²) in [5.74, 6) is 0.781. The van der Waals surface area contributed by atoms with Crippen molar-refractivity contribution in [3.8, 4) is 0 Å². The molecule has 0 aromatic heterocycles. The smallest absolute Gasteiger partial charge is 0.191 e. The Morgan fingerprint density at radius 1 is 1.18 bits per heavy atom. The van der Waals surface area contributed by atoms with E-state index in [1.807, 2.05) is 0 Å². The van der Waals surface area contributed by atoms with Gasteiger partial charge in [0.05, 0.1) is 12.1 Å². The van der Waals surface area contributed by atoms with Crippen molar-refractivity contribution >= 4 is 29.9 Å². The van der Waals surface area contributed by atoms with Gasteiger partial charge in [-0.3, -0.25) is 0 Å². The lowest BCUT2D eigenvalue weighted by Crippen LogP contribution is -2.50. The first-order valence-electron chi connectivity index (χ1n) is 7.98. The normalized spacial score (nSPS) is 16.4. The zero-order valence-electron chi connectivity index (χ0n) is 13.6. The molecular weight excluding hydrogens is 389 g/mol. The molecule has 0 radical (unpaired) electrons. The van der Waals surface area contributed by atoms with Crippen molar-refractivity contribution in [1.29, 1.82) is 0 Å². The number of nitrogens with one attached hydrogen (secondary N) is 2. The first kappa shape index (κ1) is 19.2. The maximum Gasteiger partial charge on any atom is 0.191 e. The maximum absolute atomic E-state index is 10.1. The molecular formula is C17H28IN3O. The monoisotopic (exact) mass is 417 g/mol. The third kappa shape index (κ3) is 5.43. The lowest BCUT2D eigenvalue weighted by molar-refractivity contribution is -0.0279. The largest absolute Gasteiger partial charge is 0.388 e. The summed E-state index contributed by atoms with van der Waals surface area (Å²) in [5, 5.41) is 16.6. The van der Waals surface area contributed by atoms with Gasteiger partial charge in [0.2, 0.25) is 0 Å². The van der Waals surface area contributed by atoms with Crippen LogP contribution in [0.15, 0.2) is 29.3 Å². The third-order valence-electron chi connectivity index (χ3n) is 4.12. The Kier molecular flexibility index (Phi) is 8.17. The van der Waals surface area contributed by atoms with Crippen molar-refractivity contribution < 1.29 is 5.11 Å². The van der Waals surface area contributed by atoms with Crippen LogP contribution in [0.3, 0.4) is 0 Å². The molecule has 3 N–H and O–H groups in total. The van der Waals surface area contributed by atoms with Gasteiger partial charge in [0.25, 0.3) is 0 Å². The van der Waals surface area contributed by atoms with Gasteiger partial charge in [-0.05, 0) is 43.7 Å². The molecule has 0 unspecified atom stereocenters. The van der Waals surface area contributed by atoms with Gasteiger partial charge in [-0.15, -0.1) is 24.0 Å². The van der Waals surface area contributed by atoms with Crippen molar-refractivity contribution in [3.05, 3.63) is 35.4 Å². The van der Waals surface area contributed by atoms with Crippen LogP contribution in [0.5, 0.6) is 0 Å². The second-order valence-electron chi connectivity index (χ2n) is 5.75. The van der Waals surface area contributed by atoms with E-state index in [0.29, 0.717) is 13.1 Å². The highest BCUT2D eigenvalue weighted by molar-refractivity contribution is 14.0. The molecule has 1 aliphatic rings. The highest BCUT2D eigenvalue weighted by Crippen LogP contribution is 2.30. The van der Waals surface area contributed by atoms with Crippen LogP contribution in [-0.4, -0.2) is 29.8 Å². The molecule has 22 heavy (non-hydrogen) atoms. The fourth-order valence-electron chi connectivity index (χ4n) is 2.57. The number of nitrogens with zero attached hydrogens (tertiary/aromatic N) is 1. The molecule has 0 saturated heterocycles. The standard InChI is InChI=1S/C17H27N3O.HI/c1-3-14-8-5-6-9-15(14)12-19-16(18-4-2)20-13-17(21)10-7-11-17;/h5-6,8-9,21H,3-4,7,10-13H2,1-2H3,(H2,18,19,20);1H. The van der Waals surface area contributed by atoms with Gasteiger partial charge >= 0.3 is 0 Å². The number of benzene rings is 1. The summed E-state index contributed by atoms with van der Waals surface area (Å²) in [6.07, 6.45) is 3.92. The van der Waals surface area contributed by atoms with Crippen LogP contribution >= 0.6 is 24.0 Å². The molecule has 1 aromatic rings. The van der Waals surface area contributed by atoms with Crippen molar-refractivity contribution in [2.24, 2.45) is 4.99 Å². The van der Waals surface area contributed by atoms with Crippen LogP contribution < -0.4 is 10.6 Å². The third-order valence-corrected chi connectivity index (χ3v) is 4.12. The second-order valence-corrected chi connectivity index (χ2v) is 5.75. The number of hydrogen-bond donors (Lipinski definition) is 3. The van der Waals surface area contributed by atoms with E-state index in [2.05, 4.69) is 53.7 Å². The number of halogens is 1. The number of hydrogen-bond acceptors (Lipinski definition) is 2. The zero-order chi connectivity index (χ0) is 15.1. The van der Waals surface area contributed by atoms with E-state index in [-0.39, 0.29) is 24.0 Å². The van der Waals surface area contributed by atoms with Gasteiger partial charge in [0, 0.05) is 13.1 Å². The Balaban J connectivity index is 0.00000242. The quantitative estimate of drug-likeness (QED) is 0.379. The van der Waals surface area contributed by atoms with E-state index in [0.717, 1.165) is 38.2 Å². The summed E-state index contributed by atoms with van der Waals surface area (Å²) in [6.45, 7) is 6.28. The number of rotatable bonds is 6. The molecule has 1 aromatic carbocycles. The average Bonchev–Trinajstić information content (AvgIpc) is 2.48. The van der Waals surface area contributed by atoms with Gasteiger partial charge in [-0.1, -0.05) is 31.2 Å². The lowest BCUT2D eigenvalue weighted by atomic mass is 9.80. The molecule has 124 valence electrons. The number of guanidine groups is 1. The molecule has 1 saturated carbocycles. The Bertz CT molecular complexity index is 487. The second kappa shape index (κ2) is 9.35. The number of aryl methyl sites for hydroxylation is 1. The predicted molar refractivity (Wildman–Crippen MR) is 103 cm³/mol. The molecule has 1 aliphatic carbocycles. The summed E-state index contributed by atoms with van der Waals surface area (Å²) >= 11 is 0. The van der Waals surface area contributed by atoms with E-state index < -0.39 is 5.60 Å². The Labute approximate surface area is 150 Å². The molecule has 0 spiro atoms. The van der Waals surface area contributed by atoms with E-state index >= 15 is 0 Å². The van der Waals surface area contributed by atoms with Crippen molar-refractivity contribution in [2.75, 3.05) is 13.1 Å². The minimum absolute atomic E-state index is 0. The Morgan fingerprint density at radius 2 is 1.86 bits per heavy atom. The van der Waals surface area contributed by atoms with E-state index in [1.165, 1.54) is 11.1 Å². The van der Waals surface area contributed by atoms with Gasteiger partial charge in [-0.25, -0.2) is 4.99 Å². The molecule has 1 fully saturated rings. The SMILES string of the molecule is CCNC(=NCc1ccccc1CC)NCC1(O)CCC1.I. The lowest BCUT2D eigenvalue weighted by Gasteiger charge is -2.37. The van der Waals surface area contributed by atoms with Crippen LogP contribution in [0.2, 0.25) is 0 Å². The number of aliphatic imine (C=N–C) groups is 1. The molecule has 5 heteroatoms. The Morgan fingerprint density at radius 3 is 2.41 bits per heavy atom. The van der Waals surface area contributed by atoms with Crippen molar-refractivity contribution in [3.63, 3.8) is 0 Å². The topological polar surface area (TPSA) is 56.7 Å². The van der Waals surface area contributed by atoms with Gasteiger partial charge in [0.1, 0.15) is 0 Å². The van der Waals surface area contributed by atoms with Gasteiger partial charge in [0.15, 0.2) is 5.96 Å². The molecule has 0 heterocycles. The van der Waals surface area contributed by atoms with Crippen LogP contribution in [-0.2, 0) is 13.0 Å². The molecule has 0 bridgehead atoms. The minimum Gasteiger partial charge on any atom is -0.388 e. The first-order chi connectivity index (χ1) is 10.2. The number of aliphatic hydroxyl groups is 1. The molecule has 2 rings (SSSR count). The fraction of sp³-hybridized carbons (Fsp3) is 0.588. The average molecular weight is 417 g/mol. The first-order valence-corrected chi connectivity index (χ1v) is 7.98. The molecule has 4 nitrogen and oxygen atoms in total. The predicted octanol–water partition coefficient (Wildman–Crippen LogP) is 2.84. The van der Waals surface area contributed by atoms with E-state index in [9.17, 15) is 5.11 Å². The summed E-state index contributed by atoms with van der Waals surface area (Å²) in [7, 11) is 0. The van der Waals surface area contributed by atoms with Gasteiger partial charge in [-0.2, -0.15) is 0 Å². The molecule has 0 atom stereocenters. The van der Waals surface area contributed by atoms with Crippen LogP contribution in [0.1, 0.15) is 44.2 Å². The maximum atomic E-state index is 10.1. The van der Waals surface area contributed by atoms with Crippen molar-refractivity contribution in [1.82, 2.24) is 10.6 Å².